The Morgan fingerprint density at radius 2 is 1.90 bits per heavy atom. The van der Waals surface area contributed by atoms with Gasteiger partial charge in [0, 0.05) is 27.5 Å². The van der Waals surface area contributed by atoms with Crippen molar-refractivity contribution < 1.29 is 13.5 Å². The van der Waals surface area contributed by atoms with Crippen LogP contribution in [0.15, 0.2) is 46.2 Å². The van der Waals surface area contributed by atoms with E-state index in [4.69, 9.17) is 10.5 Å². The van der Waals surface area contributed by atoms with Gasteiger partial charge < -0.3 is 10.5 Å². The minimum absolute atomic E-state index is 0.253. The van der Waals surface area contributed by atoms with E-state index < -0.39 is 11.6 Å². The van der Waals surface area contributed by atoms with Gasteiger partial charge >= 0.3 is 0 Å². The van der Waals surface area contributed by atoms with E-state index in [1.165, 1.54) is 23.9 Å². The summed E-state index contributed by atoms with van der Waals surface area (Å²) in [6.07, 6.45) is 0. The molecule has 2 rings (SSSR count). The molecular weight excluding hydrogens is 280 g/mol. The number of nitrogens with two attached hydrogens (primary N) is 1. The molecule has 0 spiro atoms. The summed E-state index contributed by atoms with van der Waals surface area (Å²) in [6.45, 7) is 1.84. The molecule has 2 aromatic carbocycles. The van der Waals surface area contributed by atoms with Gasteiger partial charge in [0.05, 0.1) is 7.11 Å². The lowest BCUT2D eigenvalue weighted by Crippen LogP contribution is -2.08. The Bertz CT molecular complexity index is 617. The van der Waals surface area contributed by atoms with Crippen molar-refractivity contribution >= 4 is 11.8 Å². The Morgan fingerprint density at radius 3 is 2.50 bits per heavy atom. The third-order valence-corrected chi connectivity index (χ3v) is 3.94. The predicted octanol–water partition coefficient (Wildman–Crippen LogP) is 4.14. The minimum atomic E-state index is -0.593. The average Bonchev–Trinajstić information content (AvgIpc) is 2.41. The summed E-state index contributed by atoms with van der Waals surface area (Å²) in [5.41, 5.74) is 6.77. The fraction of sp³-hybridized carbons (Fsp3) is 0.200. The highest BCUT2D eigenvalue weighted by Crippen LogP contribution is 2.38. The number of methoxy groups -OCH3 is 1. The molecule has 0 aliphatic carbocycles. The van der Waals surface area contributed by atoms with Crippen LogP contribution >= 0.6 is 11.8 Å². The lowest BCUT2D eigenvalue weighted by molar-refractivity contribution is 0.405. The summed E-state index contributed by atoms with van der Waals surface area (Å²) in [5, 5.41) is 0. The number of hydrogen-bond acceptors (Lipinski definition) is 3. The largest absolute Gasteiger partial charge is 0.496 e. The first-order chi connectivity index (χ1) is 9.52. The van der Waals surface area contributed by atoms with Crippen LogP contribution in [0.5, 0.6) is 5.75 Å². The highest BCUT2D eigenvalue weighted by Gasteiger charge is 2.15. The number of ether oxygens (including phenoxy) is 1. The van der Waals surface area contributed by atoms with Crippen LogP contribution in [0.3, 0.4) is 0 Å². The van der Waals surface area contributed by atoms with E-state index in [1.807, 2.05) is 25.1 Å². The summed E-state index contributed by atoms with van der Waals surface area (Å²) >= 11 is 1.21. The molecular formula is C15H15F2NOS. The number of benzene rings is 2. The van der Waals surface area contributed by atoms with Gasteiger partial charge in [-0.2, -0.15) is 0 Å². The van der Waals surface area contributed by atoms with E-state index in [0.717, 1.165) is 16.5 Å². The maximum Gasteiger partial charge on any atom is 0.140 e. The molecule has 0 saturated carbocycles. The first-order valence-corrected chi connectivity index (χ1v) is 6.90. The fourth-order valence-electron chi connectivity index (χ4n) is 1.92. The highest BCUT2D eigenvalue weighted by molar-refractivity contribution is 7.99. The molecule has 20 heavy (non-hydrogen) atoms. The van der Waals surface area contributed by atoms with Crippen LogP contribution in [-0.4, -0.2) is 7.11 Å². The molecule has 0 aromatic heterocycles. The zero-order valence-corrected chi connectivity index (χ0v) is 12.0. The maximum absolute atomic E-state index is 13.7. The van der Waals surface area contributed by atoms with Crippen molar-refractivity contribution in [3.63, 3.8) is 0 Å². The summed E-state index contributed by atoms with van der Waals surface area (Å²) in [7, 11) is 1.56. The molecule has 0 heterocycles. The van der Waals surface area contributed by atoms with Crippen LogP contribution in [0.1, 0.15) is 18.5 Å². The molecule has 0 aliphatic rings. The molecule has 0 aliphatic heterocycles. The first-order valence-electron chi connectivity index (χ1n) is 6.08. The molecule has 0 bridgehead atoms. The second kappa shape index (κ2) is 6.24. The first kappa shape index (κ1) is 14.8. The average molecular weight is 295 g/mol. The topological polar surface area (TPSA) is 35.2 Å². The second-order valence-electron chi connectivity index (χ2n) is 4.34. The summed E-state index contributed by atoms with van der Waals surface area (Å²) in [4.78, 5) is 1.14. The van der Waals surface area contributed by atoms with Crippen LogP contribution in [0, 0.1) is 11.6 Å². The van der Waals surface area contributed by atoms with Crippen molar-refractivity contribution in [1.29, 1.82) is 0 Å². The van der Waals surface area contributed by atoms with Crippen molar-refractivity contribution in [3.05, 3.63) is 53.6 Å². The molecule has 5 heteroatoms. The Kier molecular flexibility index (Phi) is 4.62. The van der Waals surface area contributed by atoms with E-state index in [0.29, 0.717) is 10.6 Å². The standard InChI is InChI=1S/C15H15F2NOS/c1-9(18)15-12(19-2)4-3-5-14(15)20-13-7-6-10(16)8-11(13)17/h3-9H,18H2,1-2H3. The predicted molar refractivity (Wildman–Crippen MR) is 76.1 cm³/mol. The monoisotopic (exact) mass is 295 g/mol. The fourth-order valence-corrected chi connectivity index (χ4v) is 2.99. The van der Waals surface area contributed by atoms with Gasteiger partial charge in [0.25, 0.3) is 0 Å². The molecule has 0 fully saturated rings. The lowest BCUT2D eigenvalue weighted by Gasteiger charge is -2.16. The number of rotatable bonds is 4. The normalized spacial score (nSPS) is 12.2. The Balaban J connectivity index is 2.43. The van der Waals surface area contributed by atoms with Gasteiger partial charge in [0.2, 0.25) is 0 Å². The molecule has 0 radical (unpaired) electrons. The SMILES string of the molecule is COc1cccc(Sc2ccc(F)cc2F)c1C(C)N. The van der Waals surface area contributed by atoms with Crippen LogP contribution in [0.4, 0.5) is 8.78 Å². The second-order valence-corrected chi connectivity index (χ2v) is 5.42. The van der Waals surface area contributed by atoms with Crippen molar-refractivity contribution in [2.75, 3.05) is 7.11 Å². The van der Waals surface area contributed by atoms with E-state index >= 15 is 0 Å². The third kappa shape index (κ3) is 3.11. The zero-order valence-electron chi connectivity index (χ0n) is 11.2. The van der Waals surface area contributed by atoms with Crippen molar-refractivity contribution in [3.8, 4) is 5.75 Å². The Hall–Kier alpha value is -1.59. The van der Waals surface area contributed by atoms with Crippen molar-refractivity contribution in [2.24, 2.45) is 5.73 Å². The van der Waals surface area contributed by atoms with E-state index in [9.17, 15) is 8.78 Å². The van der Waals surface area contributed by atoms with Gasteiger partial charge in [-0.25, -0.2) is 8.78 Å². The van der Waals surface area contributed by atoms with E-state index in [-0.39, 0.29) is 6.04 Å². The summed E-state index contributed by atoms with van der Waals surface area (Å²) in [5.74, 6) is -0.522. The zero-order chi connectivity index (χ0) is 14.7. The molecule has 106 valence electrons. The van der Waals surface area contributed by atoms with Crippen LogP contribution in [0.25, 0.3) is 0 Å². The molecule has 1 unspecified atom stereocenters. The molecule has 2 N–H and O–H groups in total. The van der Waals surface area contributed by atoms with Gasteiger partial charge in [-0.1, -0.05) is 17.8 Å². The number of hydrogen-bond donors (Lipinski definition) is 1. The third-order valence-electron chi connectivity index (χ3n) is 2.82. The summed E-state index contributed by atoms with van der Waals surface area (Å²) < 4.78 is 31.9. The molecule has 2 nitrogen and oxygen atoms in total. The van der Waals surface area contributed by atoms with Crippen molar-refractivity contribution in [1.82, 2.24) is 0 Å². The van der Waals surface area contributed by atoms with Gasteiger partial charge in [-0.15, -0.1) is 0 Å². The van der Waals surface area contributed by atoms with Crippen LogP contribution < -0.4 is 10.5 Å². The van der Waals surface area contributed by atoms with Gasteiger partial charge in [-0.3, -0.25) is 0 Å². The van der Waals surface area contributed by atoms with E-state index in [2.05, 4.69) is 0 Å². The minimum Gasteiger partial charge on any atom is -0.496 e. The molecule has 1 atom stereocenters. The van der Waals surface area contributed by atoms with Gasteiger partial charge in [0.1, 0.15) is 17.4 Å². The van der Waals surface area contributed by atoms with Gasteiger partial charge in [-0.05, 0) is 31.2 Å². The smallest absolute Gasteiger partial charge is 0.140 e. The van der Waals surface area contributed by atoms with Crippen LogP contribution in [0.2, 0.25) is 0 Å². The molecule has 2 aromatic rings. The molecule has 0 saturated heterocycles. The van der Waals surface area contributed by atoms with Gasteiger partial charge in [0.15, 0.2) is 0 Å². The van der Waals surface area contributed by atoms with Crippen molar-refractivity contribution in [2.45, 2.75) is 22.8 Å². The molecule has 0 amide bonds. The quantitative estimate of drug-likeness (QED) is 0.920. The maximum atomic E-state index is 13.7. The Labute approximate surface area is 120 Å². The van der Waals surface area contributed by atoms with Crippen LogP contribution in [-0.2, 0) is 0 Å². The number of halogens is 2. The lowest BCUT2D eigenvalue weighted by atomic mass is 10.1. The Morgan fingerprint density at radius 1 is 1.15 bits per heavy atom. The summed E-state index contributed by atoms with van der Waals surface area (Å²) in [6, 6.07) is 8.73. The van der Waals surface area contributed by atoms with E-state index in [1.54, 1.807) is 7.11 Å². The highest BCUT2D eigenvalue weighted by atomic mass is 32.2.